The molecule has 3 nitrogen and oxygen atoms in total. The second-order valence-corrected chi connectivity index (χ2v) is 5.13. The van der Waals surface area contributed by atoms with Gasteiger partial charge in [0.25, 0.3) is 0 Å². The van der Waals surface area contributed by atoms with Gasteiger partial charge >= 0.3 is 0 Å². The minimum absolute atomic E-state index is 0.288. The molecule has 0 spiro atoms. The molecule has 1 aromatic rings. The molecule has 0 aromatic heterocycles. The molecule has 0 radical (unpaired) electrons. The van der Waals surface area contributed by atoms with Gasteiger partial charge in [-0.05, 0) is 50.1 Å². The predicted molar refractivity (Wildman–Crippen MR) is 78.0 cm³/mol. The summed E-state index contributed by atoms with van der Waals surface area (Å²) < 4.78 is 11.4. The largest absolute Gasteiger partial charge is 0.497 e. The monoisotopic (exact) mass is 263 g/mol. The number of nitrogens with one attached hydrogen (secondary N) is 1. The lowest BCUT2D eigenvalue weighted by atomic mass is 10.1. The summed E-state index contributed by atoms with van der Waals surface area (Å²) in [5.74, 6) is 1.81. The van der Waals surface area contributed by atoms with E-state index >= 15 is 0 Å². The molecule has 3 heteroatoms. The molecule has 0 heterocycles. The first kappa shape index (κ1) is 14.2. The Morgan fingerprint density at radius 2 is 1.74 bits per heavy atom. The third kappa shape index (κ3) is 4.13. The quantitative estimate of drug-likeness (QED) is 0.826. The zero-order chi connectivity index (χ0) is 13.5. The molecule has 0 saturated heterocycles. The Hall–Kier alpha value is -1.22. The lowest BCUT2D eigenvalue weighted by Gasteiger charge is -2.26. The second-order valence-electron chi connectivity index (χ2n) is 5.13. The SMILES string of the molecule is CCNC1CCCCCC1Oc1ccc(OC)cc1. The van der Waals surface area contributed by atoms with Gasteiger partial charge in [0.15, 0.2) is 0 Å². The highest BCUT2D eigenvalue weighted by Gasteiger charge is 2.24. The molecule has 19 heavy (non-hydrogen) atoms. The number of benzene rings is 1. The van der Waals surface area contributed by atoms with Crippen molar-refractivity contribution in [2.45, 2.75) is 51.2 Å². The van der Waals surface area contributed by atoms with Crippen molar-refractivity contribution in [3.05, 3.63) is 24.3 Å². The van der Waals surface area contributed by atoms with Crippen LogP contribution in [0.25, 0.3) is 0 Å². The summed E-state index contributed by atoms with van der Waals surface area (Å²) in [6.07, 6.45) is 6.54. The third-order valence-corrected chi connectivity index (χ3v) is 3.77. The Labute approximate surface area is 116 Å². The molecule has 106 valence electrons. The minimum Gasteiger partial charge on any atom is -0.497 e. The minimum atomic E-state index is 0.288. The summed E-state index contributed by atoms with van der Waals surface area (Å²) in [5, 5.41) is 3.57. The van der Waals surface area contributed by atoms with Crippen LogP contribution in [-0.4, -0.2) is 25.8 Å². The zero-order valence-corrected chi connectivity index (χ0v) is 12.0. The number of rotatable bonds is 5. The van der Waals surface area contributed by atoms with Gasteiger partial charge in [-0.25, -0.2) is 0 Å². The summed E-state index contributed by atoms with van der Waals surface area (Å²) in [6.45, 7) is 3.17. The van der Waals surface area contributed by atoms with E-state index in [4.69, 9.17) is 9.47 Å². The topological polar surface area (TPSA) is 30.5 Å². The van der Waals surface area contributed by atoms with E-state index in [1.807, 2.05) is 24.3 Å². The van der Waals surface area contributed by atoms with Crippen LogP contribution in [-0.2, 0) is 0 Å². The molecule has 2 rings (SSSR count). The first-order valence-electron chi connectivity index (χ1n) is 7.37. The number of hydrogen-bond acceptors (Lipinski definition) is 3. The van der Waals surface area contributed by atoms with Gasteiger partial charge in [-0.2, -0.15) is 0 Å². The van der Waals surface area contributed by atoms with Crippen molar-refractivity contribution in [2.24, 2.45) is 0 Å². The van der Waals surface area contributed by atoms with E-state index in [0.29, 0.717) is 6.04 Å². The third-order valence-electron chi connectivity index (χ3n) is 3.77. The molecule has 2 atom stereocenters. The average Bonchev–Trinajstić information content (AvgIpc) is 2.66. The fourth-order valence-electron chi connectivity index (χ4n) is 2.74. The highest BCUT2D eigenvalue weighted by molar-refractivity contribution is 5.31. The fraction of sp³-hybridized carbons (Fsp3) is 0.625. The van der Waals surface area contributed by atoms with Crippen molar-refractivity contribution in [2.75, 3.05) is 13.7 Å². The Morgan fingerprint density at radius 1 is 1.05 bits per heavy atom. The maximum atomic E-state index is 6.18. The van der Waals surface area contributed by atoms with Crippen molar-refractivity contribution in [1.82, 2.24) is 5.32 Å². The normalized spacial score (nSPS) is 23.7. The van der Waals surface area contributed by atoms with Crippen molar-refractivity contribution < 1.29 is 9.47 Å². The summed E-state index contributed by atoms with van der Waals surface area (Å²) >= 11 is 0. The van der Waals surface area contributed by atoms with Crippen LogP contribution in [0.5, 0.6) is 11.5 Å². The zero-order valence-electron chi connectivity index (χ0n) is 12.0. The van der Waals surface area contributed by atoms with E-state index < -0.39 is 0 Å². The number of methoxy groups -OCH3 is 1. The maximum absolute atomic E-state index is 6.18. The van der Waals surface area contributed by atoms with E-state index in [1.165, 1.54) is 25.7 Å². The molecule has 0 amide bonds. The van der Waals surface area contributed by atoms with Gasteiger partial charge in [-0.1, -0.05) is 19.8 Å². The van der Waals surface area contributed by atoms with Crippen LogP contribution in [0.1, 0.15) is 39.0 Å². The predicted octanol–water partition coefficient (Wildman–Crippen LogP) is 3.38. The van der Waals surface area contributed by atoms with Crippen molar-refractivity contribution >= 4 is 0 Å². The molecule has 1 saturated carbocycles. The van der Waals surface area contributed by atoms with Crippen LogP contribution >= 0.6 is 0 Å². The van der Waals surface area contributed by atoms with E-state index in [-0.39, 0.29) is 6.10 Å². The summed E-state index contributed by atoms with van der Waals surface area (Å²) in [4.78, 5) is 0. The molecule has 0 aliphatic heterocycles. The first-order chi connectivity index (χ1) is 9.33. The molecule has 1 aliphatic rings. The Bertz CT molecular complexity index is 364. The standard InChI is InChI=1S/C16H25NO2/c1-3-17-15-7-5-4-6-8-16(15)19-14-11-9-13(18-2)10-12-14/h9-12,15-17H,3-8H2,1-2H3. The molecule has 1 aliphatic carbocycles. The Kier molecular flexibility index (Phi) is 5.52. The van der Waals surface area contributed by atoms with Crippen molar-refractivity contribution in [3.63, 3.8) is 0 Å². The van der Waals surface area contributed by atoms with Gasteiger partial charge in [-0.15, -0.1) is 0 Å². The van der Waals surface area contributed by atoms with Crippen molar-refractivity contribution in [3.8, 4) is 11.5 Å². The summed E-state index contributed by atoms with van der Waals surface area (Å²) in [7, 11) is 1.68. The Balaban J connectivity index is 2.00. The first-order valence-corrected chi connectivity index (χ1v) is 7.37. The fourth-order valence-corrected chi connectivity index (χ4v) is 2.74. The molecule has 1 N–H and O–H groups in total. The number of ether oxygens (including phenoxy) is 2. The van der Waals surface area contributed by atoms with Crippen molar-refractivity contribution in [1.29, 1.82) is 0 Å². The molecular weight excluding hydrogens is 238 g/mol. The second kappa shape index (κ2) is 7.39. The van der Waals surface area contributed by atoms with Crippen LogP contribution in [0, 0.1) is 0 Å². The van der Waals surface area contributed by atoms with Crippen LogP contribution in [0.3, 0.4) is 0 Å². The smallest absolute Gasteiger partial charge is 0.120 e. The van der Waals surface area contributed by atoms with Gasteiger partial charge in [0.1, 0.15) is 17.6 Å². The van der Waals surface area contributed by atoms with Crippen LogP contribution in [0.2, 0.25) is 0 Å². The van der Waals surface area contributed by atoms with E-state index in [9.17, 15) is 0 Å². The van der Waals surface area contributed by atoms with Crippen LogP contribution < -0.4 is 14.8 Å². The molecule has 1 fully saturated rings. The molecule has 0 bridgehead atoms. The van der Waals surface area contributed by atoms with Gasteiger partial charge in [0.05, 0.1) is 7.11 Å². The highest BCUT2D eigenvalue weighted by Crippen LogP contribution is 2.24. The van der Waals surface area contributed by atoms with Gasteiger partial charge in [-0.3, -0.25) is 0 Å². The lowest BCUT2D eigenvalue weighted by molar-refractivity contribution is 0.145. The summed E-state index contributed by atoms with van der Waals surface area (Å²) in [5.41, 5.74) is 0. The highest BCUT2D eigenvalue weighted by atomic mass is 16.5. The lowest BCUT2D eigenvalue weighted by Crippen LogP contribution is -2.42. The van der Waals surface area contributed by atoms with Gasteiger partial charge < -0.3 is 14.8 Å². The van der Waals surface area contributed by atoms with Crippen LogP contribution in [0.4, 0.5) is 0 Å². The average molecular weight is 263 g/mol. The van der Waals surface area contributed by atoms with E-state index in [1.54, 1.807) is 7.11 Å². The van der Waals surface area contributed by atoms with E-state index in [0.717, 1.165) is 24.5 Å². The number of likely N-dealkylation sites (N-methyl/N-ethyl adjacent to an activating group) is 1. The van der Waals surface area contributed by atoms with Gasteiger partial charge in [0.2, 0.25) is 0 Å². The molecule has 2 unspecified atom stereocenters. The van der Waals surface area contributed by atoms with Gasteiger partial charge in [0, 0.05) is 6.04 Å². The maximum Gasteiger partial charge on any atom is 0.120 e. The molecular formula is C16H25NO2. The Morgan fingerprint density at radius 3 is 2.42 bits per heavy atom. The van der Waals surface area contributed by atoms with E-state index in [2.05, 4.69) is 12.2 Å². The number of hydrogen-bond donors (Lipinski definition) is 1. The summed E-state index contributed by atoms with van der Waals surface area (Å²) in [6, 6.07) is 8.37. The molecule has 1 aromatic carbocycles. The van der Waals surface area contributed by atoms with Crippen LogP contribution in [0.15, 0.2) is 24.3 Å².